The van der Waals surface area contributed by atoms with Crippen LogP contribution in [0.3, 0.4) is 0 Å². The van der Waals surface area contributed by atoms with Gasteiger partial charge < -0.3 is 9.50 Å². The van der Waals surface area contributed by atoms with E-state index in [0.29, 0.717) is 11.8 Å². The average Bonchev–Trinajstić information content (AvgIpc) is 2.11. The molecule has 0 saturated heterocycles. The summed E-state index contributed by atoms with van der Waals surface area (Å²) in [7, 11) is 1.55. The van der Waals surface area contributed by atoms with Crippen molar-refractivity contribution in [2.75, 3.05) is 20.1 Å². The fraction of sp³-hybridized carbons (Fsp3) is 0.900. The van der Waals surface area contributed by atoms with E-state index in [1.165, 1.54) is 0 Å². The van der Waals surface area contributed by atoms with Crippen molar-refractivity contribution < 1.29 is 8.98 Å². The molecular formula is C10H22N2O2S. The maximum atomic E-state index is 10.9. The summed E-state index contributed by atoms with van der Waals surface area (Å²) in [5, 5.41) is 2.42. The molecular weight excluding hydrogens is 212 g/mol. The second-order valence-electron chi connectivity index (χ2n) is 4.33. The van der Waals surface area contributed by atoms with Crippen molar-refractivity contribution in [3.05, 3.63) is 0 Å². The molecule has 0 aliphatic rings. The van der Waals surface area contributed by atoms with E-state index >= 15 is 0 Å². The van der Waals surface area contributed by atoms with Crippen LogP contribution in [-0.2, 0) is 4.18 Å². The number of carbonyl (C=O) groups is 1. The molecule has 0 unspecified atom stereocenters. The fourth-order valence-corrected chi connectivity index (χ4v) is 2.05. The van der Waals surface area contributed by atoms with Crippen LogP contribution < -0.4 is 5.32 Å². The van der Waals surface area contributed by atoms with Crippen LogP contribution in [0.25, 0.3) is 0 Å². The van der Waals surface area contributed by atoms with Gasteiger partial charge in [-0.15, -0.1) is 0 Å². The fourth-order valence-electron chi connectivity index (χ4n) is 1.08. The number of hydrogen-bond donors (Lipinski definition) is 1. The number of carbonyl (C=O) groups excluding carboxylic acids is 1. The van der Waals surface area contributed by atoms with Crippen molar-refractivity contribution in [1.29, 1.82) is 0 Å². The van der Waals surface area contributed by atoms with Crippen LogP contribution in [0.4, 0.5) is 4.79 Å². The lowest BCUT2D eigenvalue weighted by Crippen LogP contribution is -2.27. The zero-order valence-electron chi connectivity index (χ0n) is 10.2. The van der Waals surface area contributed by atoms with Gasteiger partial charge in [-0.3, -0.25) is 0 Å². The van der Waals surface area contributed by atoms with Gasteiger partial charge >= 0.3 is 6.09 Å². The lowest BCUT2D eigenvalue weighted by molar-refractivity contribution is 0.207. The van der Waals surface area contributed by atoms with Crippen molar-refractivity contribution >= 4 is 18.3 Å². The minimum absolute atomic E-state index is 0.405. The number of nitrogens with zero attached hydrogens (tertiary/aromatic N) is 1. The summed E-state index contributed by atoms with van der Waals surface area (Å²) in [4.78, 5) is 10.9. The zero-order valence-corrected chi connectivity index (χ0v) is 11.1. The molecule has 0 bridgehead atoms. The highest BCUT2D eigenvalue weighted by Crippen LogP contribution is 2.16. The summed E-state index contributed by atoms with van der Waals surface area (Å²) in [6, 6.07) is 0. The Balaban J connectivity index is 3.95. The molecule has 0 fully saturated rings. The Hall–Kier alpha value is -0.420. The Kier molecular flexibility index (Phi) is 7.60. The third-order valence-electron chi connectivity index (χ3n) is 1.56. The van der Waals surface area contributed by atoms with Gasteiger partial charge in [0.05, 0.1) is 0 Å². The molecule has 0 radical (unpaired) electrons. The molecule has 90 valence electrons. The van der Waals surface area contributed by atoms with Crippen LogP contribution in [0.1, 0.15) is 27.7 Å². The van der Waals surface area contributed by atoms with Crippen LogP contribution in [0.5, 0.6) is 0 Å². The normalized spacial score (nSPS) is 11.2. The molecule has 4 nitrogen and oxygen atoms in total. The van der Waals surface area contributed by atoms with E-state index in [2.05, 4.69) is 37.3 Å². The second-order valence-corrected chi connectivity index (χ2v) is 5.16. The highest BCUT2D eigenvalue weighted by molar-refractivity contribution is 7.92. The summed E-state index contributed by atoms with van der Waals surface area (Å²) in [5.74, 6) is 1.12. The largest absolute Gasteiger partial charge is 0.420 e. The Morgan fingerprint density at radius 1 is 1.27 bits per heavy atom. The molecule has 0 spiro atoms. The first-order chi connectivity index (χ1) is 6.95. The summed E-state index contributed by atoms with van der Waals surface area (Å²) in [6.45, 7) is 10.4. The molecule has 0 aromatic heterocycles. The highest BCUT2D eigenvalue weighted by atomic mass is 32.2. The third kappa shape index (κ3) is 8.57. The van der Waals surface area contributed by atoms with Gasteiger partial charge in [-0.1, -0.05) is 27.7 Å². The smallest absolute Gasteiger partial charge is 0.358 e. The van der Waals surface area contributed by atoms with Gasteiger partial charge in [0.2, 0.25) is 0 Å². The third-order valence-corrected chi connectivity index (χ3v) is 2.29. The van der Waals surface area contributed by atoms with E-state index in [1.807, 2.05) is 0 Å². The van der Waals surface area contributed by atoms with Gasteiger partial charge in [-0.05, 0) is 11.8 Å². The summed E-state index contributed by atoms with van der Waals surface area (Å²) in [5.41, 5.74) is 0. The van der Waals surface area contributed by atoms with Crippen molar-refractivity contribution in [2.24, 2.45) is 11.8 Å². The van der Waals surface area contributed by atoms with Crippen LogP contribution in [0.2, 0.25) is 0 Å². The number of rotatable bonds is 6. The van der Waals surface area contributed by atoms with E-state index in [4.69, 9.17) is 4.18 Å². The molecule has 5 heteroatoms. The molecule has 1 N–H and O–H groups in total. The SMILES string of the molecule is CNC(=O)OSN(CC(C)C)CC(C)C. The van der Waals surface area contributed by atoms with E-state index in [-0.39, 0.29) is 0 Å². The standard InChI is InChI=1S/C10H22N2O2S/c1-8(2)6-12(7-9(3)4)15-14-10(13)11-5/h8-9H,6-7H2,1-5H3,(H,11,13). The van der Waals surface area contributed by atoms with E-state index in [1.54, 1.807) is 7.05 Å². The van der Waals surface area contributed by atoms with E-state index in [0.717, 1.165) is 25.3 Å². The second kappa shape index (κ2) is 7.82. The lowest BCUT2D eigenvalue weighted by Gasteiger charge is -2.22. The van der Waals surface area contributed by atoms with Crippen LogP contribution in [-0.4, -0.2) is 30.5 Å². The predicted molar refractivity (Wildman–Crippen MR) is 64.4 cm³/mol. The molecule has 15 heavy (non-hydrogen) atoms. The summed E-state index contributed by atoms with van der Waals surface area (Å²) in [6.07, 6.45) is -0.405. The minimum Gasteiger partial charge on any atom is -0.358 e. The monoisotopic (exact) mass is 234 g/mol. The first-order valence-corrected chi connectivity index (χ1v) is 5.96. The van der Waals surface area contributed by atoms with Crippen molar-refractivity contribution in [3.8, 4) is 0 Å². The molecule has 1 amide bonds. The molecule has 0 rings (SSSR count). The topological polar surface area (TPSA) is 41.6 Å². The lowest BCUT2D eigenvalue weighted by atomic mass is 10.2. The van der Waals surface area contributed by atoms with Gasteiger partial charge in [-0.25, -0.2) is 9.10 Å². The maximum Gasteiger partial charge on any atom is 0.420 e. The molecule has 0 atom stereocenters. The molecule has 0 aromatic carbocycles. The number of nitrogens with one attached hydrogen (secondary N) is 1. The zero-order chi connectivity index (χ0) is 11.8. The Labute approximate surface area is 97.1 Å². The van der Waals surface area contributed by atoms with Crippen molar-refractivity contribution in [1.82, 2.24) is 9.62 Å². The first kappa shape index (κ1) is 14.6. The average molecular weight is 234 g/mol. The van der Waals surface area contributed by atoms with Crippen molar-refractivity contribution in [2.45, 2.75) is 27.7 Å². The quantitative estimate of drug-likeness (QED) is 0.566. The Bertz CT molecular complexity index is 176. The predicted octanol–water partition coefficient (Wildman–Crippen LogP) is 2.52. The number of hydrogen-bond acceptors (Lipinski definition) is 4. The Morgan fingerprint density at radius 2 is 1.73 bits per heavy atom. The maximum absolute atomic E-state index is 10.9. The van der Waals surface area contributed by atoms with E-state index < -0.39 is 6.09 Å². The van der Waals surface area contributed by atoms with Crippen LogP contribution in [0.15, 0.2) is 0 Å². The minimum atomic E-state index is -0.405. The molecule has 0 aliphatic carbocycles. The highest BCUT2D eigenvalue weighted by Gasteiger charge is 2.13. The first-order valence-electron chi connectivity index (χ1n) is 5.27. The van der Waals surface area contributed by atoms with Crippen molar-refractivity contribution in [3.63, 3.8) is 0 Å². The summed E-state index contributed by atoms with van der Waals surface area (Å²) >= 11 is 1.13. The molecule has 0 aromatic rings. The van der Waals surface area contributed by atoms with Gasteiger partial charge in [-0.2, -0.15) is 0 Å². The van der Waals surface area contributed by atoms with Crippen LogP contribution in [0, 0.1) is 11.8 Å². The van der Waals surface area contributed by atoms with E-state index in [9.17, 15) is 4.79 Å². The Morgan fingerprint density at radius 3 is 2.07 bits per heavy atom. The van der Waals surface area contributed by atoms with Gasteiger partial charge in [0, 0.05) is 20.1 Å². The number of amides is 1. The summed E-state index contributed by atoms with van der Waals surface area (Å²) < 4.78 is 7.02. The van der Waals surface area contributed by atoms with Gasteiger partial charge in [0.25, 0.3) is 0 Å². The molecule has 0 heterocycles. The van der Waals surface area contributed by atoms with Gasteiger partial charge in [0.1, 0.15) is 0 Å². The molecule has 0 saturated carbocycles. The molecule has 0 aliphatic heterocycles. The van der Waals surface area contributed by atoms with Crippen LogP contribution >= 0.6 is 12.2 Å². The van der Waals surface area contributed by atoms with Gasteiger partial charge in [0.15, 0.2) is 12.2 Å².